The fraction of sp³-hybridized carbons (Fsp3) is 0.769. The van der Waals surface area contributed by atoms with Crippen LogP contribution in [0.5, 0.6) is 0 Å². The molecule has 0 saturated carbocycles. The van der Waals surface area contributed by atoms with Crippen LogP contribution in [0.2, 0.25) is 10.6 Å². The molecular weight excluding hydrogens is 209 g/mol. The molecule has 0 bridgehead atoms. The molecule has 0 aromatic rings. The maximum atomic E-state index is 7.70. The molecule has 2 atom stereocenters. The molecule has 2 aliphatic heterocycles. The van der Waals surface area contributed by atoms with Crippen LogP contribution < -0.4 is 5.73 Å². The summed E-state index contributed by atoms with van der Waals surface area (Å²) in [5.74, 6) is 0.698. The lowest BCUT2D eigenvalue weighted by Crippen LogP contribution is -2.13. The van der Waals surface area contributed by atoms with Crippen LogP contribution in [0.4, 0.5) is 0 Å². The first-order valence-electron chi connectivity index (χ1n) is 6.47. The predicted molar refractivity (Wildman–Crippen MR) is 75.7 cm³/mol. The third-order valence-corrected chi connectivity index (χ3v) is 4.07. The zero-order chi connectivity index (χ0) is 13.3. The molecule has 95 valence electrons. The van der Waals surface area contributed by atoms with E-state index in [9.17, 15) is 0 Å². The Labute approximate surface area is 106 Å². The van der Waals surface area contributed by atoms with Crippen molar-refractivity contribution in [3.8, 4) is 0 Å². The van der Waals surface area contributed by atoms with Gasteiger partial charge in [0.05, 0.1) is 0 Å². The minimum absolute atomic E-state index is 0.206. The van der Waals surface area contributed by atoms with Crippen LogP contribution in [0, 0.1) is 5.41 Å². The monoisotopic (exact) mass is 234 g/mol. The van der Waals surface area contributed by atoms with E-state index in [-0.39, 0.29) is 10.6 Å². The molecule has 2 aliphatic rings. The summed E-state index contributed by atoms with van der Waals surface area (Å²) in [7, 11) is 4.29. The van der Waals surface area contributed by atoms with Crippen molar-refractivity contribution in [2.24, 2.45) is 5.73 Å². The van der Waals surface area contributed by atoms with Crippen LogP contribution in [0.25, 0.3) is 0 Å². The van der Waals surface area contributed by atoms with Crippen molar-refractivity contribution < 1.29 is 0 Å². The van der Waals surface area contributed by atoms with Gasteiger partial charge in [-0.1, -0.05) is 33.0 Å². The van der Waals surface area contributed by atoms with Gasteiger partial charge in [0, 0.05) is 19.7 Å². The van der Waals surface area contributed by atoms with E-state index in [2.05, 4.69) is 27.3 Å². The molecule has 0 aromatic heterocycles. The van der Waals surface area contributed by atoms with Crippen molar-refractivity contribution in [3.05, 3.63) is 11.8 Å². The fourth-order valence-electron chi connectivity index (χ4n) is 2.53. The van der Waals surface area contributed by atoms with E-state index in [1.165, 1.54) is 5.57 Å². The molecule has 0 spiro atoms. The first-order chi connectivity index (χ1) is 7.90. The first-order valence-corrected chi connectivity index (χ1v) is 6.47. The van der Waals surface area contributed by atoms with Crippen LogP contribution >= 0.6 is 0 Å². The molecule has 2 heterocycles. The SMILES string of the molecule is CC.CN1C=C(CC2(C)[B]C2(C)CN)CC1=N. The van der Waals surface area contributed by atoms with Gasteiger partial charge in [0.1, 0.15) is 13.1 Å². The Morgan fingerprint density at radius 2 is 2.00 bits per heavy atom. The molecule has 0 aliphatic carbocycles. The normalized spacial score (nSPS) is 34.8. The highest BCUT2D eigenvalue weighted by atomic mass is 15.1. The number of hydrogen-bond acceptors (Lipinski definition) is 2. The fourth-order valence-corrected chi connectivity index (χ4v) is 2.53. The van der Waals surface area contributed by atoms with Crippen LogP contribution in [0.3, 0.4) is 0 Å². The van der Waals surface area contributed by atoms with Crippen molar-refractivity contribution in [1.29, 1.82) is 5.41 Å². The summed E-state index contributed by atoms with van der Waals surface area (Å²) in [6.07, 6.45) is 3.95. The van der Waals surface area contributed by atoms with Gasteiger partial charge in [-0.25, -0.2) is 0 Å². The maximum absolute atomic E-state index is 7.70. The van der Waals surface area contributed by atoms with Crippen LogP contribution in [0.15, 0.2) is 11.8 Å². The lowest BCUT2D eigenvalue weighted by Gasteiger charge is -2.19. The molecule has 3 N–H and O–H groups in total. The minimum atomic E-state index is 0.206. The zero-order valence-corrected chi connectivity index (χ0v) is 11.8. The Hall–Kier alpha value is -0.765. The van der Waals surface area contributed by atoms with Gasteiger partial charge in [-0.15, -0.1) is 0 Å². The van der Waals surface area contributed by atoms with Crippen molar-refractivity contribution in [3.63, 3.8) is 0 Å². The summed E-state index contributed by atoms with van der Waals surface area (Å²) in [5.41, 5.74) is 7.13. The molecule has 1 radical (unpaired) electrons. The average molecular weight is 234 g/mol. The van der Waals surface area contributed by atoms with Gasteiger partial charge >= 0.3 is 0 Å². The van der Waals surface area contributed by atoms with E-state index in [0.29, 0.717) is 5.84 Å². The van der Waals surface area contributed by atoms with E-state index in [1.807, 2.05) is 25.8 Å². The van der Waals surface area contributed by atoms with Gasteiger partial charge in [0.25, 0.3) is 0 Å². The predicted octanol–water partition coefficient (Wildman–Crippen LogP) is 2.63. The summed E-state index contributed by atoms with van der Waals surface area (Å²) in [4.78, 5) is 1.90. The lowest BCUT2D eigenvalue weighted by molar-refractivity contribution is 0.544. The second-order valence-corrected chi connectivity index (χ2v) is 5.38. The van der Waals surface area contributed by atoms with Gasteiger partial charge in [0.2, 0.25) is 0 Å². The smallest absolute Gasteiger partial charge is 0.127 e. The van der Waals surface area contributed by atoms with Crippen molar-refractivity contribution in [1.82, 2.24) is 4.90 Å². The number of nitrogens with zero attached hydrogens (tertiary/aromatic N) is 1. The first kappa shape index (κ1) is 14.3. The Kier molecular flexibility index (Phi) is 4.08. The van der Waals surface area contributed by atoms with Crippen LogP contribution in [-0.2, 0) is 0 Å². The Morgan fingerprint density at radius 1 is 1.41 bits per heavy atom. The summed E-state index contributed by atoms with van der Waals surface area (Å²) in [6.45, 7) is 9.21. The largest absolute Gasteiger partial charge is 0.340 e. The van der Waals surface area contributed by atoms with E-state index >= 15 is 0 Å². The molecular formula is C13H25BN3. The quantitative estimate of drug-likeness (QED) is 0.737. The Bertz CT molecular complexity index is 340. The summed E-state index contributed by atoms with van der Waals surface area (Å²) < 4.78 is 0. The number of hydrogen-bond donors (Lipinski definition) is 2. The van der Waals surface area contributed by atoms with Gasteiger partial charge in [-0.3, -0.25) is 5.41 Å². The zero-order valence-electron chi connectivity index (χ0n) is 11.8. The van der Waals surface area contributed by atoms with Gasteiger partial charge in [-0.2, -0.15) is 0 Å². The standard InChI is InChI=1S/C11H19BN3.C2H6/c1-10(11(2,7-13)12-10)5-8-4-9(14)15(3)6-8;1-2/h6,14H,4-5,7,13H2,1-3H3;1-2H3. The molecule has 1 fully saturated rings. The number of nitrogens with one attached hydrogen (secondary N) is 1. The van der Waals surface area contributed by atoms with Crippen molar-refractivity contribution in [2.45, 2.75) is 51.2 Å². The van der Waals surface area contributed by atoms with E-state index < -0.39 is 0 Å². The molecule has 17 heavy (non-hydrogen) atoms. The molecule has 2 unspecified atom stereocenters. The van der Waals surface area contributed by atoms with E-state index in [1.54, 1.807) is 0 Å². The highest BCUT2D eigenvalue weighted by molar-refractivity contribution is 6.59. The van der Waals surface area contributed by atoms with Gasteiger partial charge in [-0.05, 0) is 23.9 Å². The number of amidine groups is 1. The molecule has 3 nitrogen and oxygen atoms in total. The molecule has 0 amide bonds. The average Bonchev–Trinajstić information content (AvgIpc) is 2.68. The van der Waals surface area contributed by atoms with Gasteiger partial charge in [0.15, 0.2) is 0 Å². The Balaban J connectivity index is 0.000000686. The second-order valence-electron chi connectivity index (χ2n) is 5.38. The van der Waals surface area contributed by atoms with Crippen LogP contribution in [0.1, 0.15) is 40.5 Å². The Morgan fingerprint density at radius 3 is 2.35 bits per heavy atom. The molecule has 1 saturated heterocycles. The molecule has 0 aromatic carbocycles. The highest BCUT2D eigenvalue weighted by Gasteiger charge is 2.60. The third-order valence-electron chi connectivity index (χ3n) is 4.07. The van der Waals surface area contributed by atoms with E-state index in [4.69, 9.17) is 11.1 Å². The summed E-state index contributed by atoms with van der Waals surface area (Å²) in [5, 5.41) is 8.15. The highest BCUT2D eigenvalue weighted by Crippen LogP contribution is 2.70. The lowest BCUT2D eigenvalue weighted by atomic mass is 9.83. The van der Waals surface area contributed by atoms with Crippen molar-refractivity contribution in [2.75, 3.05) is 13.6 Å². The van der Waals surface area contributed by atoms with Gasteiger partial charge < -0.3 is 10.6 Å². The molecule has 2 rings (SSSR count). The van der Waals surface area contributed by atoms with Crippen LogP contribution in [-0.4, -0.2) is 31.6 Å². The number of rotatable bonds is 3. The van der Waals surface area contributed by atoms with E-state index in [0.717, 1.165) is 19.4 Å². The second kappa shape index (κ2) is 4.85. The topological polar surface area (TPSA) is 53.1 Å². The van der Waals surface area contributed by atoms with Crippen molar-refractivity contribution >= 4 is 13.1 Å². The maximum Gasteiger partial charge on any atom is 0.127 e. The molecule has 4 heteroatoms. The summed E-state index contributed by atoms with van der Waals surface area (Å²) in [6, 6.07) is 0. The third kappa shape index (κ3) is 2.57. The minimum Gasteiger partial charge on any atom is -0.340 e. The summed E-state index contributed by atoms with van der Waals surface area (Å²) >= 11 is 0. The number of nitrogens with two attached hydrogens (primary N) is 1.